The van der Waals surface area contributed by atoms with Gasteiger partial charge in [0.2, 0.25) is 5.91 Å². The molecule has 0 aromatic rings. The van der Waals surface area contributed by atoms with Crippen molar-refractivity contribution < 1.29 is 23.8 Å². The zero-order chi connectivity index (χ0) is 16.1. The number of carbonyl (C=O) groups is 2. The summed E-state index contributed by atoms with van der Waals surface area (Å²) in [6.07, 6.45) is 0.751. The summed E-state index contributed by atoms with van der Waals surface area (Å²) in [6, 6.07) is 0. The highest BCUT2D eigenvalue weighted by atomic mass is 16.6. The number of ether oxygens (including phenoxy) is 3. The molecule has 2 amide bonds. The van der Waals surface area contributed by atoms with Crippen LogP contribution in [0.3, 0.4) is 0 Å². The summed E-state index contributed by atoms with van der Waals surface area (Å²) in [7, 11) is 0. The highest BCUT2D eigenvalue weighted by molar-refractivity contribution is 5.86. The molecule has 0 spiro atoms. The predicted octanol–water partition coefficient (Wildman–Crippen LogP) is 0.846. The van der Waals surface area contributed by atoms with Gasteiger partial charge in [-0.25, -0.2) is 4.79 Å². The molecule has 0 unspecified atom stereocenters. The van der Waals surface area contributed by atoms with E-state index in [1.807, 2.05) is 0 Å². The topological polar surface area (TPSA) is 85.9 Å². The molecule has 7 nitrogen and oxygen atoms in total. The average molecular weight is 302 g/mol. The van der Waals surface area contributed by atoms with Crippen LogP contribution in [0.15, 0.2) is 12.7 Å². The van der Waals surface area contributed by atoms with Crippen LogP contribution in [-0.2, 0) is 19.0 Å². The number of hydrogen-bond acceptors (Lipinski definition) is 5. The Bertz CT molecular complexity index is 326. The molecule has 0 radical (unpaired) electrons. The Kier molecular flexibility index (Phi) is 10.3. The molecule has 0 aliphatic rings. The summed E-state index contributed by atoms with van der Waals surface area (Å²) >= 11 is 0. The van der Waals surface area contributed by atoms with Crippen molar-refractivity contribution in [3.63, 3.8) is 0 Å². The van der Waals surface area contributed by atoms with Crippen LogP contribution in [0, 0.1) is 0 Å². The van der Waals surface area contributed by atoms with Crippen molar-refractivity contribution in [2.45, 2.75) is 26.4 Å². The predicted molar refractivity (Wildman–Crippen MR) is 79.1 cm³/mol. The summed E-state index contributed by atoms with van der Waals surface area (Å²) < 4.78 is 15.6. The van der Waals surface area contributed by atoms with Crippen molar-refractivity contribution >= 4 is 12.0 Å². The summed E-state index contributed by atoms with van der Waals surface area (Å²) in [4.78, 5) is 22.1. The first kappa shape index (κ1) is 19.4. The lowest BCUT2D eigenvalue weighted by molar-refractivity contribution is -0.116. The van der Waals surface area contributed by atoms with Gasteiger partial charge in [-0.1, -0.05) is 6.58 Å². The summed E-state index contributed by atoms with van der Waals surface area (Å²) in [5, 5.41) is 5.18. The molecule has 0 heterocycles. The van der Waals surface area contributed by atoms with E-state index in [-0.39, 0.29) is 5.91 Å². The molecule has 7 heteroatoms. The van der Waals surface area contributed by atoms with Crippen molar-refractivity contribution in [1.82, 2.24) is 10.6 Å². The van der Waals surface area contributed by atoms with E-state index >= 15 is 0 Å². The van der Waals surface area contributed by atoms with Gasteiger partial charge in [0.25, 0.3) is 0 Å². The van der Waals surface area contributed by atoms with Gasteiger partial charge in [0.15, 0.2) is 0 Å². The van der Waals surface area contributed by atoms with Gasteiger partial charge >= 0.3 is 6.09 Å². The van der Waals surface area contributed by atoms with E-state index in [0.717, 1.165) is 0 Å². The lowest BCUT2D eigenvalue weighted by Gasteiger charge is -2.19. The van der Waals surface area contributed by atoms with Crippen molar-refractivity contribution in [1.29, 1.82) is 0 Å². The Balaban J connectivity index is 3.28. The molecule has 0 aromatic heterocycles. The third-order valence-corrected chi connectivity index (χ3v) is 2.02. The molecule has 122 valence electrons. The Labute approximate surface area is 126 Å². The lowest BCUT2D eigenvalue weighted by atomic mass is 10.2. The van der Waals surface area contributed by atoms with Crippen LogP contribution in [0.4, 0.5) is 4.79 Å². The van der Waals surface area contributed by atoms with E-state index in [1.54, 1.807) is 20.8 Å². The maximum atomic E-state index is 11.3. The Hall–Kier alpha value is -1.60. The molecule has 2 N–H and O–H groups in total. The second kappa shape index (κ2) is 11.1. The average Bonchev–Trinajstić information content (AvgIpc) is 2.38. The van der Waals surface area contributed by atoms with E-state index in [1.165, 1.54) is 6.08 Å². The molecule has 21 heavy (non-hydrogen) atoms. The first-order valence-electron chi connectivity index (χ1n) is 6.88. The largest absolute Gasteiger partial charge is 0.444 e. The van der Waals surface area contributed by atoms with Crippen LogP contribution in [0.25, 0.3) is 0 Å². The lowest BCUT2D eigenvalue weighted by Crippen LogP contribution is -2.34. The standard InChI is InChI=1S/C14H26N2O5/c1-5-12(17)15-6-8-19-10-11-20-9-7-16-13(18)21-14(2,3)4/h5H,1,6-11H2,2-4H3,(H,15,17)(H,16,18). The van der Waals surface area contributed by atoms with E-state index in [0.29, 0.717) is 39.5 Å². The molecule has 0 bridgehead atoms. The zero-order valence-corrected chi connectivity index (χ0v) is 13.1. The fourth-order valence-corrected chi connectivity index (χ4v) is 1.18. The Morgan fingerprint density at radius 3 is 2.00 bits per heavy atom. The minimum absolute atomic E-state index is 0.219. The van der Waals surface area contributed by atoms with Crippen LogP contribution >= 0.6 is 0 Å². The molecule has 0 aliphatic carbocycles. The van der Waals surface area contributed by atoms with E-state index in [9.17, 15) is 9.59 Å². The molecule has 0 aromatic carbocycles. The highest BCUT2D eigenvalue weighted by Gasteiger charge is 2.15. The zero-order valence-electron chi connectivity index (χ0n) is 13.1. The molecule has 0 rings (SSSR count). The smallest absolute Gasteiger partial charge is 0.407 e. The highest BCUT2D eigenvalue weighted by Crippen LogP contribution is 2.05. The third kappa shape index (κ3) is 14.6. The van der Waals surface area contributed by atoms with Gasteiger partial charge in [-0.05, 0) is 26.8 Å². The van der Waals surface area contributed by atoms with Crippen LogP contribution in [-0.4, -0.2) is 57.1 Å². The Morgan fingerprint density at radius 1 is 1.00 bits per heavy atom. The molecule has 0 fully saturated rings. The van der Waals surface area contributed by atoms with Crippen LogP contribution < -0.4 is 10.6 Å². The van der Waals surface area contributed by atoms with Crippen LogP contribution in [0.5, 0.6) is 0 Å². The van der Waals surface area contributed by atoms with E-state index in [4.69, 9.17) is 14.2 Å². The van der Waals surface area contributed by atoms with Crippen LogP contribution in [0.2, 0.25) is 0 Å². The maximum Gasteiger partial charge on any atom is 0.407 e. The first-order valence-corrected chi connectivity index (χ1v) is 6.88. The second-order valence-corrected chi connectivity index (χ2v) is 5.15. The molecular formula is C14H26N2O5. The summed E-state index contributed by atoms with van der Waals surface area (Å²) in [5.41, 5.74) is -0.500. The van der Waals surface area contributed by atoms with Gasteiger partial charge in [0.05, 0.1) is 26.4 Å². The Morgan fingerprint density at radius 2 is 1.52 bits per heavy atom. The quantitative estimate of drug-likeness (QED) is 0.461. The number of amides is 2. The van der Waals surface area contributed by atoms with Gasteiger partial charge in [-0.2, -0.15) is 0 Å². The minimum Gasteiger partial charge on any atom is -0.444 e. The molecule has 0 atom stereocenters. The normalized spacial score (nSPS) is 10.8. The van der Waals surface area contributed by atoms with Crippen molar-refractivity contribution in [3.8, 4) is 0 Å². The minimum atomic E-state index is -0.500. The van der Waals surface area contributed by atoms with E-state index in [2.05, 4.69) is 17.2 Å². The van der Waals surface area contributed by atoms with E-state index < -0.39 is 11.7 Å². The second-order valence-electron chi connectivity index (χ2n) is 5.15. The number of alkyl carbamates (subject to hydrolysis) is 1. The SMILES string of the molecule is C=CC(=O)NCCOCCOCCNC(=O)OC(C)(C)C. The summed E-state index contributed by atoms with van der Waals surface area (Å²) in [5.74, 6) is -0.219. The number of hydrogen-bond donors (Lipinski definition) is 2. The third-order valence-electron chi connectivity index (χ3n) is 2.02. The first-order chi connectivity index (χ1) is 9.85. The van der Waals surface area contributed by atoms with Gasteiger partial charge in [0, 0.05) is 13.1 Å². The van der Waals surface area contributed by atoms with Crippen molar-refractivity contribution in [3.05, 3.63) is 12.7 Å². The fraction of sp³-hybridized carbons (Fsp3) is 0.714. The summed E-state index contributed by atoms with van der Waals surface area (Å²) in [6.45, 7) is 11.2. The fourth-order valence-electron chi connectivity index (χ4n) is 1.18. The number of nitrogens with one attached hydrogen (secondary N) is 2. The van der Waals surface area contributed by atoms with Crippen LogP contribution in [0.1, 0.15) is 20.8 Å². The van der Waals surface area contributed by atoms with Gasteiger partial charge in [-0.3, -0.25) is 4.79 Å². The monoisotopic (exact) mass is 302 g/mol. The molecular weight excluding hydrogens is 276 g/mol. The van der Waals surface area contributed by atoms with Gasteiger partial charge < -0.3 is 24.8 Å². The van der Waals surface area contributed by atoms with Crippen molar-refractivity contribution in [2.24, 2.45) is 0 Å². The maximum absolute atomic E-state index is 11.3. The molecule has 0 aliphatic heterocycles. The molecule has 0 saturated carbocycles. The number of carbonyl (C=O) groups excluding carboxylic acids is 2. The van der Waals surface area contributed by atoms with Gasteiger partial charge in [-0.15, -0.1) is 0 Å². The van der Waals surface area contributed by atoms with Crippen molar-refractivity contribution in [2.75, 3.05) is 39.5 Å². The number of rotatable bonds is 10. The molecule has 0 saturated heterocycles. The van der Waals surface area contributed by atoms with Gasteiger partial charge in [0.1, 0.15) is 5.60 Å².